The highest BCUT2D eigenvalue weighted by atomic mass is 32.2. The lowest BCUT2D eigenvalue weighted by Gasteiger charge is -2.11. The lowest BCUT2D eigenvalue weighted by atomic mass is 10.2. The van der Waals surface area contributed by atoms with Gasteiger partial charge in [-0.1, -0.05) is 11.8 Å². The Kier molecular flexibility index (Phi) is 5.28. The summed E-state index contributed by atoms with van der Waals surface area (Å²) < 4.78 is 10.4. The second-order valence-electron chi connectivity index (χ2n) is 5.55. The van der Waals surface area contributed by atoms with Crippen molar-refractivity contribution in [1.82, 2.24) is 9.97 Å². The molecular weight excluding hydrogens is 342 g/mol. The molecule has 2 aromatic rings. The van der Waals surface area contributed by atoms with E-state index in [0.717, 1.165) is 30.5 Å². The second kappa shape index (κ2) is 7.60. The van der Waals surface area contributed by atoms with E-state index >= 15 is 0 Å². The molecule has 7 nitrogen and oxygen atoms in total. The van der Waals surface area contributed by atoms with E-state index in [9.17, 15) is 9.59 Å². The summed E-state index contributed by atoms with van der Waals surface area (Å²) in [6.07, 6.45) is 2.55. The molecule has 0 aliphatic heterocycles. The average molecular weight is 361 g/mol. The van der Waals surface area contributed by atoms with Gasteiger partial charge in [-0.25, -0.2) is 4.98 Å². The van der Waals surface area contributed by atoms with Crippen LogP contribution in [0.25, 0.3) is 0 Å². The van der Waals surface area contributed by atoms with Crippen LogP contribution in [-0.2, 0) is 17.6 Å². The standard InChI is InChI=1S/C17H19N3O4S/c1-23-10-6-7-14(24-2)13(8-10)18-15(21)9-25-17-19-12-5-3-4-11(12)16(22)20-17/h6-8H,3-5,9H2,1-2H3,(H,18,21)(H,19,20,22). The fourth-order valence-electron chi connectivity index (χ4n) is 2.72. The first kappa shape index (κ1) is 17.3. The quantitative estimate of drug-likeness (QED) is 0.604. The highest BCUT2D eigenvalue weighted by Gasteiger charge is 2.18. The van der Waals surface area contributed by atoms with Gasteiger partial charge < -0.3 is 19.8 Å². The molecule has 132 valence electrons. The van der Waals surface area contributed by atoms with Crippen LogP contribution in [0, 0.1) is 0 Å². The molecule has 2 N–H and O–H groups in total. The first-order valence-corrected chi connectivity index (χ1v) is 8.86. The zero-order valence-corrected chi connectivity index (χ0v) is 14.9. The lowest BCUT2D eigenvalue weighted by molar-refractivity contribution is -0.113. The van der Waals surface area contributed by atoms with Crippen LogP contribution in [0.2, 0.25) is 0 Å². The van der Waals surface area contributed by atoms with Crippen molar-refractivity contribution >= 4 is 23.4 Å². The number of aromatic nitrogens is 2. The number of ether oxygens (including phenoxy) is 2. The molecular formula is C17H19N3O4S. The Balaban J connectivity index is 1.66. The number of aryl methyl sites for hydroxylation is 1. The Bertz CT molecular complexity index is 850. The number of hydrogen-bond acceptors (Lipinski definition) is 6. The molecule has 1 aromatic carbocycles. The van der Waals surface area contributed by atoms with E-state index in [1.807, 2.05) is 0 Å². The minimum absolute atomic E-state index is 0.0973. The number of nitrogens with zero attached hydrogens (tertiary/aromatic N) is 1. The van der Waals surface area contributed by atoms with Crippen molar-refractivity contribution in [3.05, 3.63) is 39.8 Å². The molecule has 0 saturated heterocycles. The molecule has 0 radical (unpaired) electrons. The van der Waals surface area contributed by atoms with Crippen LogP contribution in [-0.4, -0.2) is 35.8 Å². The number of hydrogen-bond donors (Lipinski definition) is 2. The van der Waals surface area contributed by atoms with Crippen LogP contribution in [0.5, 0.6) is 11.5 Å². The van der Waals surface area contributed by atoms with E-state index in [-0.39, 0.29) is 17.2 Å². The highest BCUT2D eigenvalue weighted by molar-refractivity contribution is 7.99. The molecule has 0 saturated carbocycles. The van der Waals surface area contributed by atoms with E-state index in [1.165, 1.54) is 18.9 Å². The number of carbonyl (C=O) groups is 1. The summed E-state index contributed by atoms with van der Waals surface area (Å²) in [6.45, 7) is 0. The van der Waals surface area contributed by atoms with Gasteiger partial charge in [-0.05, 0) is 31.4 Å². The maximum atomic E-state index is 12.2. The third-order valence-electron chi connectivity index (χ3n) is 3.94. The largest absolute Gasteiger partial charge is 0.497 e. The van der Waals surface area contributed by atoms with E-state index in [2.05, 4.69) is 15.3 Å². The smallest absolute Gasteiger partial charge is 0.254 e. The van der Waals surface area contributed by atoms with Gasteiger partial charge >= 0.3 is 0 Å². The second-order valence-corrected chi connectivity index (χ2v) is 6.52. The third-order valence-corrected chi connectivity index (χ3v) is 4.81. The molecule has 1 aromatic heterocycles. The minimum Gasteiger partial charge on any atom is -0.497 e. The number of benzene rings is 1. The molecule has 8 heteroatoms. The number of H-pyrrole nitrogens is 1. The predicted molar refractivity (Wildman–Crippen MR) is 95.8 cm³/mol. The van der Waals surface area contributed by atoms with Crippen LogP contribution in [0.15, 0.2) is 28.2 Å². The monoisotopic (exact) mass is 361 g/mol. The van der Waals surface area contributed by atoms with Crippen LogP contribution < -0.4 is 20.3 Å². The first-order chi connectivity index (χ1) is 12.1. The predicted octanol–water partition coefficient (Wildman–Crippen LogP) is 2.01. The topological polar surface area (TPSA) is 93.3 Å². The van der Waals surface area contributed by atoms with E-state index in [1.54, 1.807) is 25.3 Å². The van der Waals surface area contributed by atoms with Gasteiger partial charge in [-0.2, -0.15) is 0 Å². The van der Waals surface area contributed by atoms with Gasteiger partial charge in [0.25, 0.3) is 5.56 Å². The van der Waals surface area contributed by atoms with Crippen LogP contribution in [0.3, 0.4) is 0 Å². The lowest BCUT2D eigenvalue weighted by Crippen LogP contribution is -2.18. The fraction of sp³-hybridized carbons (Fsp3) is 0.353. The number of anilines is 1. The minimum atomic E-state index is -0.222. The Hall–Kier alpha value is -2.48. The van der Waals surface area contributed by atoms with Gasteiger partial charge in [0.1, 0.15) is 11.5 Å². The van der Waals surface area contributed by atoms with Crippen molar-refractivity contribution < 1.29 is 14.3 Å². The zero-order valence-electron chi connectivity index (χ0n) is 14.0. The molecule has 0 unspecified atom stereocenters. The van der Waals surface area contributed by atoms with E-state index in [4.69, 9.17) is 9.47 Å². The normalized spacial score (nSPS) is 12.6. The SMILES string of the molecule is COc1ccc(OC)c(NC(=O)CSc2nc3c(c(=O)[nH]2)CCC3)c1. The fourth-order valence-corrected chi connectivity index (χ4v) is 3.40. The van der Waals surface area contributed by atoms with E-state index in [0.29, 0.717) is 22.3 Å². The van der Waals surface area contributed by atoms with Crippen molar-refractivity contribution in [3.8, 4) is 11.5 Å². The average Bonchev–Trinajstić information content (AvgIpc) is 3.09. The molecule has 1 aliphatic carbocycles. The summed E-state index contributed by atoms with van der Waals surface area (Å²) in [5.74, 6) is 1.07. The van der Waals surface area contributed by atoms with Gasteiger partial charge in [-0.3, -0.25) is 9.59 Å². The molecule has 1 amide bonds. The van der Waals surface area contributed by atoms with Crippen molar-refractivity contribution in [2.45, 2.75) is 24.4 Å². The Morgan fingerprint density at radius 1 is 1.32 bits per heavy atom. The third kappa shape index (κ3) is 3.96. The highest BCUT2D eigenvalue weighted by Crippen LogP contribution is 2.29. The number of thioether (sulfide) groups is 1. The number of fused-ring (bicyclic) bond motifs is 1. The van der Waals surface area contributed by atoms with Gasteiger partial charge in [0.15, 0.2) is 5.16 Å². The molecule has 0 bridgehead atoms. The molecule has 1 heterocycles. The van der Waals surface area contributed by atoms with Crippen LogP contribution in [0.1, 0.15) is 17.7 Å². The summed E-state index contributed by atoms with van der Waals surface area (Å²) in [4.78, 5) is 31.4. The first-order valence-electron chi connectivity index (χ1n) is 7.87. The number of amides is 1. The summed E-state index contributed by atoms with van der Waals surface area (Å²) in [5, 5.41) is 3.26. The number of rotatable bonds is 6. The Morgan fingerprint density at radius 3 is 2.92 bits per heavy atom. The Labute approximate surface area is 149 Å². The number of carbonyl (C=O) groups excluding carboxylic acids is 1. The number of methoxy groups -OCH3 is 2. The van der Waals surface area contributed by atoms with Crippen molar-refractivity contribution in [3.63, 3.8) is 0 Å². The van der Waals surface area contributed by atoms with Crippen molar-refractivity contribution in [1.29, 1.82) is 0 Å². The Morgan fingerprint density at radius 2 is 2.16 bits per heavy atom. The number of aromatic amines is 1. The summed E-state index contributed by atoms with van der Waals surface area (Å²) in [7, 11) is 3.09. The van der Waals surface area contributed by atoms with Gasteiger partial charge in [-0.15, -0.1) is 0 Å². The maximum Gasteiger partial charge on any atom is 0.254 e. The summed E-state index contributed by atoms with van der Waals surface area (Å²) in [5.41, 5.74) is 2.05. The molecule has 25 heavy (non-hydrogen) atoms. The van der Waals surface area contributed by atoms with Crippen LogP contribution in [0.4, 0.5) is 5.69 Å². The molecule has 0 fully saturated rings. The molecule has 1 aliphatic rings. The maximum absolute atomic E-state index is 12.2. The van der Waals surface area contributed by atoms with Crippen molar-refractivity contribution in [2.24, 2.45) is 0 Å². The summed E-state index contributed by atoms with van der Waals surface area (Å²) in [6, 6.07) is 5.17. The van der Waals surface area contributed by atoms with E-state index < -0.39 is 0 Å². The van der Waals surface area contributed by atoms with Crippen LogP contribution >= 0.6 is 11.8 Å². The van der Waals surface area contributed by atoms with Gasteiger partial charge in [0.05, 0.1) is 31.4 Å². The number of nitrogens with one attached hydrogen (secondary N) is 2. The summed E-state index contributed by atoms with van der Waals surface area (Å²) >= 11 is 1.20. The van der Waals surface area contributed by atoms with Gasteiger partial charge in [0.2, 0.25) is 5.91 Å². The van der Waals surface area contributed by atoms with Crippen molar-refractivity contribution in [2.75, 3.05) is 25.3 Å². The molecule has 0 spiro atoms. The molecule has 0 atom stereocenters. The van der Waals surface area contributed by atoms with Gasteiger partial charge in [0, 0.05) is 11.6 Å². The molecule has 3 rings (SSSR count). The zero-order chi connectivity index (χ0) is 17.8.